The maximum Gasteiger partial charge on any atom is 0.225 e. The standard InChI is InChI=1S/C25H31FN4O/c1-23-11-20(29-7-9-30(10-8-29)22-27-13-19(26)14-28-22)12-24(23,2)17-25(16-23)21-6-4-3-5-18(21)15-31-25/h3-6,13-14,20H,7-12,15-17H2,1-2H3/t20-,23-,24+,25+. The summed E-state index contributed by atoms with van der Waals surface area (Å²) in [5.41, 5.74) is 3.34. The molecule has 0 bridgehead atoms. The molecule has 3 heterocycles. The zero-order chi connectivity index (χ0) is 21.3. The molecule has 5 nitrogen and oxygen atoms in total. The number of piperazine rings is 1. The Morgan fingerprint density at radius 3 is 2.29 bits per heavy atom. The second kappa shape index (κ2) is 6.72. The highest BCUT2D eigenvalue weighted by Crippen LogP contribution is 2.70. The fourth-order valence-electron chi connectivity index (χ4n) is 7.19. The average molecular weight is 423 g/mol. The minimum Gasteiger partial charge on any atom is -0.366 e. The lowest BCUT2D eigenvalue weighted by molar-refractivity contribution is -0.0466. The molecule has 2 aliphatic carbocycles. The minimum absolute atomic E-state index is 0.0797. The van der Waals surface area contributed by atoms with Crippen LogP contribution >= 0.6 is 0 Å². The van der Waals surface area contributed by atoms with Gasteiger partial charge in [0.15, 0.2) is 5.82 Å². The molecule has 1 aromatic carbocycles. The lowest BCUT2D eigenvalue weighted by Crippen LogP contribution is -2.50. The van der Waals surface area contributed by atoms with E-state index >= 15 is 0 Å². The summed E-state index contributed by atoms with van der Waals surface area (Å²) in [6.45, 7) is 9.61. The van der Waals surface area contributed by atoms with E-state index in [0.29, 0.717) is 22.8 Å². The summed E-state index contributed by atoms with van der Waals surface area (Å²) in [6.07, 6.45) is 7.26. The zero-order valence-electron chi connectivity index (χ0n) is 18.5. The summed E-state index contributed by atoms with van der Waals surface area (Å²) in [6, 6.07) is 9.45. The van der Waals surface area contributed by atoms with E-state index in [-0.39, 0.29) is 11.4 Å². The van der Waals surface area contributed by atoms with E-state index in [1.54, 1.807) is 0 Å². The summed E-state index contributed by atoms with van der Waals surface area (Å²) in [4.78, 5) is 13.2. The minimum atomic E-state index is -0.381. The van der Waals surface area contributed by atoms with Gasteiger partial charge < -0.3 is 9.64 Å². The monoisotopic (exact) mass is 422 g/mol. The fraction of sp³-hybridized carbons (Fsp3) is 0.600. The Balaban J connectivity index is 1.15. The molecule has 6 rings (SSSR count). The Bertz CT molecular complexity index is 969. The van der Waals surface area contributed by atoms with Gasteiger partial charge in [0.25, 0.3) is 0 Å². The molecule has 31 heavy (non-hydrogen) atoms. The maximum absolute atomic E-state index is 13.1. The number of halogens is 1. The lowest BCUT2D eigenvalue weighted by atomic mass is 9.71. The van der Waals surface area contributed by atoms with Crippen molar-refractivity contribution in [2.24, 2.45) is 10.8 Å². The first kappa shape index (κ1) is 19.6. The van der Waals surface area contributed by atoms with Crippen molar-refractivity contribution in [2.45, 2.75) is 57.8 Å². The van der Waals surface area contributed by atoms with E-state index in [2.05, 4.69) is 57.9 Å². The number of aromatic nitrogens is 2. The third-order valence-corrected chi connectivity index (χ3v) is 8.91. The van der Waals surface area contributed by atoms with Gasteiger partial charge in [-0.1, -0.05) is 38.1 Å². The molecule has 2 saturated carbocycles. The highest BCUT2D eigenvalue weighted by molar-refractivity contribution is 5.38. The second-order valence-electron chi connectivity index (χ2n) is 10.7. The largest absolute Gasteiger partial charge is 0.366 e. The number of anilines is 1. The number of rotatable bonds is 2. The van der Waals surface area contributed by atoms with Crippen molar-refractivity contribution < 1.29 is 9.13 Å². The quantitative estimate of drug-likeness (QED) is 0.728. The van der Waals surface area contributed by atoms with Gasteiger partial charge >= 0.3 is 0 Å². The number of hydrogen-bond donors (Lipinski definition) is 0. The molecule has 0 radical (unpaired) electrons. The Morgan fingerprint density at radius 1 is 0.968 bits per heavy atom. The third-order valence-electron chi connectivity index (χ3n) is 8.91. The van der Waals surface area contributed by atoms with Gasteiger partial charge in [0, 0.05) is 32.2 Å². The van der Waals surface area contributed by atoms with E-state index in [1.807, 2.05) is 0 Å². The summed E-state index contributed by atoms with van der Waals surface area (Å²) in [7, 11) is 0. The first-order chi connectivity index (χ1) is 14.9. The van der Waals surface area contributed by atoms with Crippen LogP contribution in [-0.4, -0.2) is 47.1 Å². The van der Waals surface area contributed by atoms with E-state index in [4.69, 9.17) is 4.74 Å². The van der Waals surface area contributed by atoms with Crippen LogP contribution in [0.5, 0.6) is 0 Å². The van der Waals surface area contributed by atoms with Crippen molar-refractivity contribution in [1.82, 2.24) is 14.9 Å². The Labute approximate surface area is 183 Å². The topological polar surface area (TPSA) is 41.5 Å². The highest BCUT2D eigenvalue weighted by Gasteiger charge is 2.65. The predicted octanol–water partition coefficient (Wildman–Crippen LogP) is 4.13. The van der Waals surface area contributed by atoms with E-state index < -0.39 is 0 Å². The predicted molar refractivity (Wildman–Crippen MR) is 117 cm³/mol. The Hall–Kier alpha value is -2.05. The van der Waals surface area contributed by atoms with E-state index in [9.17, 15) is 4.39 Å². The van der Waals surface area contributed by atoms with Crippen LogP contribution in [0.2, 0.25) is 0 Å². The number of nitrogens with zero attached hydrogens (tertiary/aromatic N) is 4. The Morgan fingerprint density at radius 2 is 1.61 bits per heavy atom. The van der Waals surface area contributed by atoms with E-state index in [1.165, 1.54) is 36.4 Å². The first-order valence-electron chi connectivity index (χ1n) is 11.6. The van der Waals surface area contributed by atoms with Crippen molar-refractivity contribution in [3.05, 3.63) is 53.6 Å². The number of ether oxygens (including phenoxy) is 1. The van der Waals surface area contributed by atoms with Crippen LogP contribution in [0.1, 0.15) is 50.7 Å². The normalized spacial score (nSPS) is 37.4. The molecule has 6 heteroatoms. The molecule has 1 spiro atoms. The van der Waals surface area contributed by atoms with Crippen LogP contribution in [0.4, 0.5) is 10.3 Å². The van der Waals surface area contributed by atoms with Gasteiger partial charge in [-0.25, -0.2) is 14.4 Å². The summed E-state index contributed by atoms with van der Waals surface area (Å²) < 4.78 is 19.7. The van der Waals surface area contributed by atoms with Crippen molar-refractivity contribution in [3.63, 3.8) is 0 Å². The summed E-state index contributed by atoms with van der Waals surface area (Å²) >= 11 is 0. The zero-order valence-corrected chi connectivity index (χ0v) is 18.5. The number of hydrogen-bond acceptors (Lipinski definition) is 5. The van der Waals surface area contributed by atoms with Crippen LogP contribution in [0.3, 0.4) is 0 Å². The van der Waals surface area contributed by atoms with Gasteiger partial charge in [-0.05, 0) is 47.6 Å². The van der Waals surface area contributed by atoms with Crippen molar-refractivity contribution in [3.8, 4) is 0 Å². The van der Waals surface area contributed by atoms with Gasteiger partial charge in [0.2, 0.25) is 5.95 Å². The van der Waals surface area contributed by atoms with Crippen LogP contribution < -0.4 is 4.90 Å². The van der Waals surface area contributed by atoms with Crippen LogP contribution in [0.25, 0.3) is 0 Å². The smallest absolute Gasteiger partial charge is 0.225 e. The first-order valence-corrected chi connectivity index (χ1v) is 11.6. The molecule has 0 N–H and O–H groups in total. The highest BCUT2D eigenvalue weighted by atomic mass is 19.1. The molecule has 1 aromatic heterocycles. The van der Waals surface area contributed by atoms with E-state index in [0.717, 1.165) is 45.6 Å². The van der Waals surface area contributed by atoms with Gasteiger partial charge in [0.1, 0.15) is 0 Å². The molecule has 1 saturated heterocycles. The van der Waals surface area contributed by atoms with Gasteiger partial charge in [-0.2, -0.15) is 0 Å². The molecule has 3 fully saturated rings. The number of fused-ring (bicyclic) bond motifs is 3. The summed E-state index contributed by atoms with van der Waals surface area (Å²) in [5, 5.41) is 0. The molecule has 0 amide bonds. The lowest BCUT2D eigenvalue weighted by Gasteiger charge is -2.39. The number of benzene rings is 1. The van der Waals surface area contributed by atoms with Gasteiger partial charge in [-0.3, -0.25) is 4.90 Å². The second-order valence-corrected chi connectivity index (χ2v) is 10.7. The average Bonchev–Trinajstić information content (AvgIpc) is 3.31. The van der Waals surface area contributed by atoms with Crippen molar-refractivity contribution in [1.29, 1.82) is 0 Å². The maximum atomic E-state index is 13.1. The van der Waals surface area contributed by atoms with Gasteiger partial charge in [-0.15, -0.1) is 0 Å². The van der Waals surface area contributed by atoms with Crippen LogP contribution in [0.15, 0.2) is 36.7 Å². The Kier molecular flexibility index (Phi) is 4.26. The molecule has 2 aliphatic heterocycles. The third kappa shape index (κ3) is 2.94. The van der Waals surface area contributed by atoms with Crippen molar-refractivity contribution >= 4 is 5.95 Å². The molecule has 164 valence electrons. The molecule has 2 aromatic rings. The molecular formula is C25H31FN4O. The fourth-order valence-corrected chi connectivity index (χ4v) is 7.19. The van der Waals surface area contributed by atoms with Crippen molar-refractivity contribution in [2.75, 3.05) is 31.1 Å². The van der Waals surface area contributed by atoms with Gasteiger partial charge in [0.05, 0.1) is 24.6 Å². The summed E-state index contributed by atoms with van der Waals surface area (Å²) in [5.74, 6) is 0.260. The molecule has 0 unspecified atom stereocenters. The SMILES string of the molecule is C[C@@]12C[C@H](N3CCN(c4ncc(F)cn4)CC3)C[C@]1(C)C[C@@]1(C2)OCc2ccccc21. The molecular weight excluding hydrogens is 391 g/mol. The van der Waals surface area contributed by atoms with Crippen LogP contribution in [0, 0.1) is 16.6 Å². The molecule has 4 aliphatic rings. The molecule has 4 atom stereocenters. The van der Waals surface area contributed by atoms with Crippen LogP contribution in [-0.2, 0) is 16.9 Å².